The summed E-state index contributed by atoms with van der Waals surface area (Å²) in [5, 5.41) is 0. The fourth-order valence-corrected chi connectivity index (χ4v) is 7.98. The minimum Gasteiger partial charge on any atom is -0.0654 e. The van der Waals surface area contributed by atoms with Gasteiger partial charge < -0.3 is 0 Å². The highest BCUT2D eigenvalue weighted by Gasteiger charge is 2.03. The first-order chi connectivity index (χ1) is 28.8. The van der Waals surface area contributed by atoms with Crippen LogP contribution < -0.4 is 0 Å². The maximum atomic E-state index is 2.24. The molecule has 0 aliphatic rings. The van der Waals surface area contributed by atoms with Gasteiger partial charge in [0.25, 0.3) is 0 Å². The molecule has 0 unspecified atom stereocenters. The standard InChI is InChI=1S/5C12H18/c5*1-4-5-9-12-10(2)7-6-8-11(12)3/h5*6-8H,4-5,9H2,1-3H3. The minimum atomic E-state index is 1.25. The van der Waals surface area contributed by atoms with Crippen molar-refractivity contribution in [3.8, 4) is 0 Å². The average Bonchev–Trinajstić information content (AvgIpc) is 3.21. The van der Waals surface area contributed by atoms with Crippen LogP contribution in [0.4, 0.5) is 0 Å². The Balaban J connectivity index is 0.000000375. The fourth-order valence-electron chi connectivity index (χ4n) is 7.98. The second-order valence-electron chi connectivity index (χ2n) is 17.4. The Morgan fingerprint density at radius 3 is 0.433 bits per heavy atom. The third kappa shape index (κ3) is 20.6. The Bertz CT molecular complexity index is 1460. The molecule has 5 rings (SSSR count). The summed E-state index contributed by atoms with van der Waals surface area (Å²) in [4.78, 5) is 0. The van der Waals surface area contributed by atoms with Crippen LogP contribution in [0.25, 0.3) is 0 Å². The number of rotatable bonds is 15. The first kappa shape index (κ1) is 54.1. The average molecular weight is 811 g/mol. The predicted molar refractivity (Wildman–Crippen MR) is 273 cm³/mol. The molecule has 60 heavy (non-hydrogen) atoms. The first-order valence-corrected chi connectivity index (χ1v) is 24.0. The van der Waals surface area contributed by atoms with Gasteiger partial charge in [-0.3, -0.25) is 0 Å². The van der Waals surface area contributed by atoms with Gasteiger partial charge in [0, 0.05) is 0 Å². The molecule has 0 amide bonds. The summed E-state index contributed by atoms with van der Waals surface area (Å²) in [6.45, 7) is 33.3. The van der Waals surface area contributed by atoms with Gasteiger partial charge in [-0.2, -0.15) is 0 Å². The maximum absolute atomic E-state index is 2.24. The van der Waals surface area contributed by atoms with Crippen LogP contribution in [0.2, 0.25) is 0 Å². The van der Waals surface area contributed by atoms with Gasteiger partial charge >= 0.3 is 0 Å². The van der Waals surface area contributed by atoms with Crippen LogP contribution in [-0.2, 0) is 32.1 Å². The second-order valence-corrected chi connectivity index (χ2v) is 17.4. The van der Waals surface area contributed by atoms with E-state index in [0.29, 0.717) is 0 Å². The van der Waals surface area contributed by atoms with Gasteiger partial charge in [0.05, 0.1) is 0 Å². The van der Waals surface area contributed by atoms with Crippen LogP contribution in [0.5, 0.6) is 0 Å². The molecule has 0 fully saturated rings. The van der Waals surface area contributed by atoms with Crippen molar-refractivity contribution in [3.63, 3.8) is 0 Å². The van der Waals surface area contributed by atoms with Gasteiger partial charge in [-0.25, -0.2) is 0 Å². The monoisotopic (exact) mass is 811 g/mol. The molecule has 0 saturated carbocycles. The molecule has 330 valence electrons. The Labute approximate surface area is 373 Å². The van der Waals surface area contributed by atoms with Crippen LogP contribution in [0.3, 0.4) is 0 Å². The van der Waals surface area contributed by atoms with Crippen molar-refractivity contribution in [2.24, 2.45) is 0 Å². The Kier molecular flexibility index (Phi) is 28.8. The molecule has 0 nitrogen and oxygen atoms in total. The van der Waals surface area contributed by atoms with E-state index < -0.39 is 0 Å². The highest BCUT2D eigenvalue weighted by Crippen LogP contribution is 2.19. The van der Waals surface area contributed by atoms with E-state index in [-0.39, 0.29) is 0 Å². The van der Waals surface area contributed by atoms with Crippen molar-refractivity contribution in [1.82, 2.24) is 0 Å². The van der Waals surface area contributed by atoms with Gasteiger partial charge in [0.15, 0.2) is 0 Å². The fraction of sp³-hybridized carbons (Fsp3) is 0.500. The molecule has 0 aliphatic heterocycles. The zero-order valence-corrected chi connectivity index (χ0v) is 41.8. The van der Waals surface area contributed by atoms with E-state index >= 15 is 0 Å². The SMILES string of the molecule is CCCCc1c(C)cccc1C.CCCCc1c(C)cccc1C.CCCCc1c(C)cccc1C.CCCCc1c(C)cccc1C.CCCCc1c(C)cccc1C. The Hall–Kier alpha value is -3.90. The van der Waals surface area contributed by atoms with Crippen LogP contribution >= 0.6 is 0 Å². The minimum absolute atomic E-state index is 1.25. The van der Waals surface area contributed by atoms with Crippen LogP contribution in [0.1, 0.15) is 182 Å². The zero-order valence-electron chi connectivity index (χ0n) is 41.8. The molecule has 0 heteroatoms. The highest BCUT2D eigenvalue weighted by molar-refractivity contribution is 5.36. The molecule has 5 aromatic carbocycles. The molecule has 0 atom stereocenters. The molecule has 0 heterocycles. The summed E-state index contributed by atoms with van der Waals surface area (Å²) in [7, 11) is 0. The van der Waals surface area contributed by atoms with Crippen molar-refractivity contribution in [1.29, 1.82) is 0 Å². The molecular formula is C60H90. The lowest BCUT2D eigenvalue weighted by molar-refractivity contribution is 0.787. The van der Waals surface area contributed by atoms with Crippen LogP contribution in [0.15, 0.2) is 91.0 Å². The van der Waals surface area contributed by atoms with Gasteiger partial charge in [-0.05, 0) is 217 Å². The largest absolute Gasteiger partial charge is 0.0654 e. The normalized spacial score (nSPS) is 10.2. The predicted octanol–water partition coefficient (Wildman–Crippen LogP) is 18.2. The van der Waals surface area contributed by atoms with Gasteiger partial charge in [-0.1, -0.05) is 158 Å². The van der Waals surface area contributed by atoms with Crippen molar-refractivity contribution < 1.29 is 0 Å². The summed E-state index contributed by atoms with van der Waals surface area (Å²) in [6.07, 6.45) is 19.2. The third-order valence-electron chi connectivity index (χ3n) is 12.1. The van der Waals surface area contributed by atoms with Crippen molar-refractivity contribution in [2.45, 2.75) is 200 Å². The highest BCUT2D eigenvalue weighted by atomic mass is 14.1. The maximum Gasteiger partial charge on any atom is -0.0274 e. The third-order valence-corrected chi connectivity index (χ3v) is 12.1. The van der Waals surface area contributed by atoms with E-state index in [1.165, 1.54) is 152 Å². The number of hydrogen-bond acceptors (Lipinski definition) is 0. The molecule has 0 N–H and O–H groups in total. The summed E-state index contributed by atoms with van der Waals surface area (Å²) >= 11 is 0. The Morgan fingerprint density at radius 2 is 0.333 bits per heavy atom. The molecule has 0 spiro atoms. The zero-order chi connectivity index (χ0) is 44.9. The van der Waals surface area contributed by atoms with E-state index in [4.69, 9.17) is 0 Å². The lowest BCUT2D eigenvalue weighted by atomic mass is 9.98. The van der Waals surface area contributed by atoms with Gasteiger partial charge in [0.2, 0.25) is 0 Å². The van der Waals surface area contributed by atoms with E-state index in [0.717, 1.165) is 0 Å². The second kappa shape index (κ2) is 31.9. The van der Waals surface area contributed by atoms with E-state index in [1.54, 1.807) is 27.8 Å². The van der Waals surface area contributed by atoms with Crippen LogP contribution in [0, 0.1) is 69.2 Å². The number of aryl methyl sites for hydroxylation is 10. The number of benzene rings is 5. The molecule has 0 bridgehead atoms. The molecular weight excluding hydrogens is 721 g/mol. The van der Waals surface area contributed by atoms with E-state index in [2.05, 4.69) is 195 Å². The molecule has 0 saturated heterocycles. The lowest BCUT2D eigenvalue weighted by Crippen LogP contribution is -1.92. The van der Waals surface area contributed by atoms with Crippen molar-refractivity contribution in [2.75, 3.05) is 0 Å². The summed E-state index contributed by atoms with van der Waals surface area (Å²) in [5.74, 6) is 0. The summed E-state index contributed by atoms with van der Waals surface area (Å²) < 4.78 is 0. The smallest absolute Gasteiger partial charge is 0.0274 e. The first-order valence-electron chi connectivity index (χ1n) is 24.0. The van der Waals surface area contributed by atoms with Crippen LogP contribution in [-0.4, -0.2) is 0 Å². The molecule has 0 radical (unpaired) electrons. The number of hydrogen-bond donors (Lipinski definition) is 0. The molecule has 0 aliphatic carbocycles. The quantitative estimate of drug-likeness (QED) is 0.0988. The summed E-state index contributed by atoms with van der Waals surface area (Å²) in [6, 6.07) is 32.8. The topological polar surface area (TPSA) is 0 Å². The Morgan fingerprint density at radius 1 is 0.217 bits per heavy atom. The van der Waals surface area contributed by atoms with E-state index in [1.807, 2.05) is 0 Å². The van der Waals surface area contributed by atoms with Crippen molar-refractivity contribution >= 4 is 0 Å². The van der Waals surface area contributed by atoms with Gasteiger partial charge in [-0.15, -0.1) is 0 Å². The van der Waals surface area contributed by atoms with Crippen molar-refractivity contribution in [3.05, 3.63) is 174 Å². The molecule has 5 aromatic rings. The summed E-state index contributed by atoms with van der Waals surface area (Å²) in [5.41, 5.74) is 22.3. The van der Waals surface area contributed by atoms with Gasteiger partial charge in [0.1, 0.15) is 0 Å². The number of unbranched alkanes of at least 4 members (excludes halogenated alkanes) is 5. The molecule has 0 aromatic heterocycles. The lowest BCUT2D eigenvalue weighted by Gasteiger charge is -2.07. The van der Waals surface area contributed by atoms with E-state index in [9.17, 15) is 0 Å².